The van der Waals surface area contributed by atoms with Gasteiger partial charge >= 0.3 is 0 Å². The molecule has 2 saturated heterocycles. The summed E-state index contributed by atoms with van der Waals surface area (Å²) in [5, 5.41) is 3.70. The van der Waals surface area contributed by atoms with Crippen LogP contribution < -0.4 is 5.32 Å². The lowest BCUT2D eigenvalue weighted by Gasteiger charge is -2.51. The average Bonchev–Trinajstić information content (AvgIpc) is 2.59. The van der Waals surface area contributed by atoms with Crippen LogP contribution in [0.2, 0.25) is 0 Å². The maximum Gasteiger partial charge on any atom is 0.114 e. The van der Waals surface area contributed by atoms with E-state index in [0.717, 1.165) is 26.2 Å². The number of rotatable bonds is 3. The summed E-state index contributed by atoms with van der Waals surface area (Å²) in [5.41, 5.74) is -0.296. The topological polar surface area (TPSA) is 30.5 Å². The largest absolute Gasteiger partial charge is 0.372 e. The van der Waals surface area contributed by atoms with Crippen LogP contribution in [0.3, 0.4) is 0 Å². The zero-order valence-corrected chi connectivity index (χ0v) is 11.7. The summed E-state index contributed by atoms with van der Waals surface area (Å²) in [6.45, 7) is 11.5. The zero-order chi connectivity index (χ0) is 12.5. The predicted octanol–water partition coefficient (Wildman–Crippen LogP) is 2.35. The van der Waals surface area contributed by atoms with Crippen molar-refractivity contribution in [2.45, 2.75) is 64.2 Å². The molecule has 100 valence electrons. The predicted molar refractivity (Wildman–Crippen MR) is 69.2 cm³/mol. The van der Waals surface area contributed by atoms with Crippen molar-refractivity contribution in [3.05, 3.63) is 0 Å². The highest BCUT2D eigenvalue weighted by Crippen LogP contribution is 2.45. The SMILES string of the molecule is CCC(CC)C1NCCOC12CCOC2(C)C. The first-order valence-corrected chi connectivity index (χ1v) is 7.08. The minimum Gasteiger partial charge on any atom is -0.372 e. The van der Waals surface area contributed by atoms with Crippen LogP contribution in [0.4, 0.5) is 0 Å². The zero-order valence-electron chi connectivity index (χ0n) is 11.7. The van der Waals surface area contributed by atoms with Crippen molar-refractivity contribution in [2.24, 2.45) is 5.92 Å². The molecule has 2 unspecified atom stereocenters. The van der Waals surface area contributed by atoms with Crippen LogP contribution in [0.15, 0.2) is 0 Å². The summed E-state index contributed by atoms with van der Waals surface area (Å²) in [6.07, 6.45) is 3.43. The molecule has 0 amide bonds. The number of hydrogen-bond acceptors (Lipinski definition) is 3. The molecule has 1 N–H and O–H groups in total. The van der Waals surface area contributed by atoms with E-state index in [4.69, 9.17) is 9.47 Å². The second kappa shape index (κ2) is 4.87. The van der Waals surface area contributed by atoms with Crippen LogP contribution in [0.1, 0.15) is 47.0 Å². The number of nitrogens with one attached hydrogen (secondary N) is 1. The van der Waals surface area contributed by atoms with Crippen molar-refractivity contribution in [1.29, 1.82) is 0 Å². The molecule has 3 heteroatoms. The van der Waals surface area contributed by atoms with Crippen LogP contribution >= 0.6 is 0 Å². The molecule has 2 aliphatic heterocycles. The first-order valence-electron chi connectivity index (χ1n) is 7.08. The van der Waals surface area contributed by atoms with Crippen molar-refractivity contribution < 1.29 is 9.47 Å². The van der Waals surface area contributed by atoms with E-state index in [1.165, 1.54) is 12.8 Å². The number of ether oxygens (including phenoxy) is 2. The van der Waals surface area contributed by atoms with Gasteiger partial charge in [0.1, 0.15) is 5.60 Å². The molecule has 0 aromatic heterocycles. The Bertz CT molecular complexity index is 263. The van der Waals surface area contributed by atoms with Crippen molar-refractivity contribution in [1.82, 2.24) is 5.32 Å². The van der Waals surface area contributed by atoms with Crippen LogP contribution in [-0.4, -0.2) is 37.0 Å². The molecule has 2 fully saturated rings. The first-order chi connectivity index (χ1) is 8.07. The van der Waals surface area contributed by atoms with Crippen molar-refractivity contribution in [3.63, 3.8) is 0 Å². The minimum absolute atomic E-state index is 0.123. The highest BCUT2D eigenvalue weighted by atomic mass is 16.6. The van der Waals surface area contributed by atoms with Gasteiger partial charge in [0.15, 0.2) is 0 Å². The Morgan fingerprint density at radius 3 is 2.41 bits per heavy atom. The highest BCUT2D eigenvalue weighted by molar-refractivity contribution is 5.11. The lowest BCUT2D eigenvalue weighted by Crippen LogP contribution is -2.67. The third-order valence-electron chi connectivity index (χ3n) is 4.80. The lowest BCUT2D eigenvalue weighted by molar-refractivity contribution is -0.180. The van der Waals surface area contributed by atoms with Gasteiger partial charge in [0.05, 0.1) is 18.8 Å². The molecule has 3 nitrogen and oxygen atoms in total. The van der Waals surface area contributed by atoms with Gasteiger partial charge in [0.25, 0.3) is 0 Å². The van der Waals surface area contributed by atoms with E-state index in [1.807, 2.05) is 0 Å². The number of hydrogen-bond donors (Lipinski definition) is 1. The third-order valence-corrected chi connectivity index (χ3v) is 4.80. The summed E-state index contributed by atoms with van der Waals surface area (Å²) >= 11 is 0. The monoisotopic (exact) mass is 241 g/mol. The second-order valence-corrected chi connectivity index (χ2v) is 5.86. The maximum atomic E-state index is 6.25. The summed E-state index contributed by atoms with van der Waals surface area (Å²) in [7, 11) is 0. The number of morpholine rings is 1. The Morgan fingerprint density at radius 1 is 1.18 bits per heavy atom. The van der Waals surface area contributed by atoms with E-state index in [2.05, 4.69) is 33.0 Å². The van der Waals surface area contributed by atoms with Crippen LogP contribution in [0.5, 0.6) is 0 Å². The Balaban J connectivity index is 2.28. The minimum atomic E-state index is -0.173. The Labute approximate surface area is 105 Å². The van der Waals surface area contributed by atoms with Crippen LogP contribution in [0, 0.1) is 5.92 Å². The molecular weight excluding hydrogens is 214 g/mol. The average molecular weight is 241 g/mol. The molecule has 0 saturated carbocycles. The van der Waals surface area contributed by atoms with E-state index < -0.39 is 0 Å². The molecule has 2 aliphatic rings. The molecule has 0 aromatic rings. The lowest BCUT2D eigenvalue weighted by atomic mass is 9.71. The van der Waals surface area contributed by atoms with Gasteiger partial charge in [0, 0.05) is 19.0 Å². The molecule has 1 spiro atoms. The second-order valence-electron chi connectivity index (χ2n) is 5.86. The van der Waals surface area contributed by atoms with Crippen molar-refractivity contribution in [2.75, 3.05) is 19.8 Å². The molecule has 0 radical (unpaired) electrons. The van der Waals surface area contributed by atoms with Crippen molar-refractivity contribution >= 4 is 0 Å². The molecule has 0 aromatic carbocycles. The van der Waals surface area contributed by atoms with E-state index in [-0.39, 0.29) is 11.2 Å². The van der Waals surface area contributed by atoms with Crippen molar-refractivity contribution in [3.8, 4) is 0 Å². The van der Waals surface area contributed by atoms with Gasteiger partial charge in [-0.25, -0.2) is 0 Å². The van der Waals surface area contributed by atoms with Gasteiger partial charge in [-0.1, -0.05) is 26.7 Å². The summed E-state index contributed by atoms with van der Waals surface area (Å²) in [4.78, 5) is 0. The first kappa shape index (κ1) is 13.3. The normalized spacial score (nSPS) is 36.9. The third kappa shape index (κ3) is 2.02. The summed E-state index contributed by atoms with van der Waals surface area (Å²) in [6, 6.07) is 0.434. The fourth-order valence-corrected chi connectivity index (χ4v) is 3.67. The van der Waals surface area contributed by atoms with Gasteiger partial charge in [-0.15, -0.1) is 0 Å². The highest BCUT2D eigenvalue weighted by Gasteiger charge is 2.58. The molecule has 2 atom stereocenters. The summed E-state index contributed by atoms with van der Waals surface area (Å²) in [5.74, 6) is 0.677. The molecular formula is C14H27NO2. The van der Waals surface area contributed by atoms with Gasteiger partial charge in [-0.2, -0.15) is 0 Å². The van der Waals surface area contributed by atoms with E-state index >= 15 is 0 Å². The van der Waals surface area contributed by atoms with Crippen LogP contribution in [-0.2, 0) is 9.47 Å². The molecule has 0 aliphatic carbocycles. The Morgan fingerprint density at radius 2 is 1.88 bits per heavy atom. The van der Waals surface area contributed by atoms with Crippen LogP contribution in [0.25, 0.3) is 0 Å². The fraction of sp³-hybridized carbons (Fsp3) is 1.00. The molecule has 2 heterocycles. The molecule has 2 rings (SSSR count). The van der Waals surface area contributed by atoms with Gasteiger partial charge in [-0.3, -0.25) is 0 Å². The summed E-state index contributed by atoms with van der Waals surface area (Å²) < 4.78 is 12.2. The van der Waals surface area contributed by atoms with Gasteiger partial charge in [-0.05, 0) is 19.8 Å². The molecule has 0 bridgehead atoms. The Kier molecular flexibility index (Phi) is 3.81. The Hall–Kier alpha value is -0.120. The smallest absolute Gasteiger partial charge is 0.114 e. The van der Waals surface area contributed by atoms with E-state index in [1.54, 1.807) is 0 Å². The maximum absolute atomic E-state index is 6.25. The standard InChI is InChI=1S/C14H27NO2/c1-5-11(6-2)12-14(17-10-8-15-12)7-9-16-13(14,3)4/h11-12,15H,5-10H2,1-4H3. The molecule has 17 heavy (non-hydrogen) atoms. The van der Waals surface area contributed by atoms with E-state index in [0.29, 0.717) is 12.0 Å². The van der Waals surface area contributed by atoms with E-state index in [9.17, 15) is 0 Å². The fourth-order valence-electron chi connectivity index (χ4n) is 3.67. The van der Waals surface area contributed by atoms with Gasteiger partial charge in [0.2, 0.25) is 0 Å². The van der Waals surface area contributed by atoms with Gasteiger partial charge < -0.3 is 14.8 Å². The quantitative estimate of drug-likeness (QED) is 0.822.